The smallest absolute Gasteiger partial charge is 0.269 e. The molecule has 2 amide bonds. The van der Waals surface area contributed by atoms with Crippen LogP contribution < -0.4 is 25.1 Å². The van der Waals surface area contributed by atoms with Crippen LogP contribution in [0.15, 0.2) is 30.3 Å². The van der Waals surface area contributed by atoms with Crippen LogP contribution in [0.5, 0.6) is 17.2 Å². The van der Waals surface area contributed by atoms with Gasteiger partial charge in [0.2, 0.25) is 11.7 Å². The molecule has 0 saturated heterocycles. The van der Waals surface area contributed by atoms with E-state index in [1.807, 2.05) is 39.0 Å². The van der Waals surface area contributed by atoms with Crippen molar-refractivity contribution < 1.29 is 28.6 Å². The molecule has 1 aliphatic carbocycles. The van der Waals surface area contributed by atoms with Gasteiger partial charge < -0.3 is 14.2 Å². The van der Waals surface area contributed by atoms with Crippen molar-refractivity contribution in [3.63, 3.8) is 0 Å². The lowest BCUT2D eigenvalue weighted by Crippen LogP contribution is -2.41. The van der Waals surface area contributed by atoms with E-state index in [1.165, 1.54) is 29.7 Å². The Morgan fingerprint density at radius 2 is 1.37 bits per heavy atom. The molecule has 2 aromatic rings. The molecule has 1 aliphatic rings. The van der Waals surface area contributed by atoms with E-state index in [0.717, 1.165) is 19.3 Å². The van der Waals surface area contributed by atoms with Gasteiger partial charge in [-0.2, -0.15) is 0 Å². The van der Waals surface area contributed by atoms with Gasteiger partial charge in [0, 0.05) is 24.0 Å². The molecule has 0 aromatic heterocycles. The predicted molar refractivity (Wildman–Crippen MR) is 132 cm³/mol. The predicted octanol–water partition coefficient (Wildman–Crippen LogP) is 4.19. The molecular formula is C27H34N2O6. The number of Topliss-reactive ketones (excluding diaryl/α,β-unsaturated/α-hetero) is 1. The highest BCUT2D eigenvalue weighted by atomic mass is 16.5. The molecule has 0 atom stereocenters. The minimum atomic E-state index is -0.538. The van der Waals surface area contributed by atoms with Crippen LogP contribution in [0, 0.1) is 0 Å². The highest BCUT2D eigenvalue weighted by Gasteiger charge is 2.19. The molecule has 3 rings (SSSR count). The number of hydrazine groups is 1. The van der Waals surface area contributed by atoms with E-state index >= 15 is 0 Å². The first-order valence-electron chi connectivity index (χ1n) is 12.3. The van der Waals surface area contributed by atoms with Crippen LogP contribution in [0.2, 0.25) is 0 Å². The van der Waals surface area contributed by atoms with Gasteiger partial charge in [-0.3, -0.25) is 25.2 Å². The van der Waals surface area contributed by atoms with E-state index in [4.69, 9.17) is 14.2 Å². The first kappa shape index (κ1) is 26.1. The van der Waals surface area contributed by atoms with Gasteiger partial charge in [-0.15, -0.1) is 0 Å². The highest BCUT2D eigenvalue weighted by molar-refractivity contribution is 5.99. The van der Waals surface area contributed by atoms with Crippen molar-refractivity contribution in [2.24, 2.45) is 0 Å². The fourth-order valence-electron chi connectivity index (χ4n) is 4.06. The Kier molecular flexibility index (Phi) is 9.52. The molecule has 8 heteroatoms. The number of carbonyl (C=O) groups is 3. The minimum absolute atomic E-state index is 0.0339. The summed E-state index contributed by atoms with van der Waals surface area (Å²) < 4.78 is 16.9. The number of hydrogen-bond acceptors (Lipinski definition) is 6. The van der Waals surface area contributed by atoms with E-state index in [2.05, 4.69) is 10.9 Å². The number of ether oxygens (including phenoxy) is 3. The fraction of sp³-hybridized carbons (Fsp3) is 0.444. The number of nitrogens with one attached hydrogen (secondary N) is 2. The monoisotopic (exact) mass is 482 g/mol. The quantitative estimate of drug-likeness (QED) is 0.368. The molecule has 0 unspecified atom stereocenters. The first-order valence-corrected chi connectivity index (χ1v) is 12.3. The molecule has 2 aromatic carbocycles. The maximum atomic E-state index is 12.7. The van der Waals surface area contributed by atoms with Gasteiger partial charge in [0.1, 0.15) is 0 Å². The van der Waals surface area contributed by atoms with Crippen molar-refractivity contribution in [2.75, 3.05) is 19.8 Å². The van der Waals surface area contributed by atoms with Crippen LogP contribution in [0.25, 0.3) is 0 Å². The number of aryl methyl sites for hydroxylation is 2. The molecule has 35 heavy (non-hydrogen) atoms. The zero-order valence-electron chi connectivity index (χ0n) is 20.7. The normalized spacial score (nSPS) is 12.3. The summed E-state index contributed by atoms with van der Waals surface area (Å²) in [6, 6.07) is 8.89. The average molecular weight is 483 g/mol. The third kappa shape index (κ3) is 6.97. The van der Waals surface area contributed by atoms with Gasteiger partial charge in [0.15, 0.2) is 17.3 Å². The maximum absolute atomic E-state index is 12.7. The molecule has 188 valence electrons. The zero-order valence-corrected chi connectivity index (χ0v) is 20.7. The number of benzene rings is 2. The Morgan fingerprint density at radius 1 is 0.743 bits per heavy atom. The molecule has 0 fully saturated rings. The summed E-state index contributed by atoms with van der Waals surface area (Å²) in [5.74, 6) is 0.112. The number of rotatable bonds is 11. The lowest BCUT2D eigenvalue weighted by Gasteiger charge is -2.17. The van der Waals surface area contributed by atoms with E-state index in [0.29, 0.717) is 42.6 Å². The van der Waals surface area contributed by atoms with Gasteiger partial charge in [-0.25, -0.2) is 0 Å². The Morgan fingerprint density at radius 3 is 2.00 bits per heavy atom. The molecule has 0 saturated carbocycles. The number of hydrogen-bond donors (Lipinski definition) is 2. The van der Waals surface area contributed by atoms with Crippen LogP contribution in [0.3, 0.4) is 0 Å². The van der Waals surface area contributed by atoms with Crippen molar-refractivity contribution in [1.82, 2.24) is 10.9 Å². The highest BCUT2D eigenvalue weighted by Crippen LogP contribution is 2.39. The van der Waals surface area contributed by atoms with Gasteiger partial charge in [-0.1, -0.05) is 12.1 Å². The molecule has 8 nitrogen and oxygen atoms in total. The minimum Gasteiger partial charge on any atom is -0.490 e. The summed E-state index contributed by atoms with van der Waals surface area (Å²) in [4.78, 5) is 37.5. The number of carbonyl (C=O) groups excluding carboxylic acids is 3. The molecule has 0 heterocycles. The standard InChI is InChI=1S/C27H34N2O6/c1-4-33-23-16-21(17-24(34-5-2)26(23)35-6-3)27(32)29-28-25(31)14-13-22(30)20-12-11-18-9-7-8-10-19(18)15-20/h11-12,15-17H,4-10,13-14H2,1-3H3,(H,28,31)(H,29,32). The van der Waals surface area contributed by atoms with E-state index in [9.17, 15) is 14.4 Å². The lowest BCUT2D eigenvalue weighted by atomic mass is 9.89. The maximum Gasteiger partial charge on any atom is 0.269 e. The molecule has 0 bridgehead atoms. The summed E-state index contributed by atoms with van der Waals surface area (Å²) in [5, 5.41) is 0. The second kappa shape index (κ2) is 12.8. The van der Waals surface area contributed by atoms with Crippen LogP contribution in [0.4, 0.5) is 0 Å². The fourth-order valence-corrected chi connectivity index (χ4v) is 4.06. The SMILES string of the molecule is CCOc1cc(C(=O)NNC(=O)CCC(=O)c2ccc3c(c2)CCCC3)cc(OCC)c1OCC. The Hall–Kier alpha value is -3.55. The Balaban J connectivity index is 1.57. The van der Waals surface area contributed by atoms with Gasteiger partial charge >= 0.3 is 0 Å². The van der Waals surface area contributed by atoms with Crippen molar-refractivity contribution >= 4 is 17.6 Å². The summed E-state index contributed by atoms with van der Waals surface area (Å²) in [6.45, 7) is 6.67. The number of amides is 2. The summed E-state index contributed by atoms with van der Waals surface area (Å²) in [6.07, 6.45) is 4.39. The second-order valence-electron chi connectivity index (χ2n) is 8.22. The number of ketones is 1. The summed E-state index contributed by atoms with van der Waals surface area (Å²) in [5.41, 5.74) is 8.17. The van der Waals surface area contributed by atoms with Crippen molar-refractivity contribution in [1.29, 1.82) is 0 Å². The van der Waals surface area contributed by atoms with Crippen LogP contribution in [-0.4, -0.2) is 37.4 Å². The van der Waals surface area contributed by atoms with Gasteiger partial charge in [0.25, 0.3) is 5.91 Å². The Labute approximate surface area is 206 Å². The third-order valence-electron chi connectivity index (χ3n) is 5.74. The van der Waals surface area contributed by atoms with Crippen molar-refractivity contribution in [2.45, 2.75) is 59.3 Å². The topological polar surface area (TPSA) is 103 Å². The molecule has 0 spiro atoms. The van der Waals surface area contributed by atoms with E-state index < -0.39 is 11.8 Å². The van der Waals surface area contributed by atoms with Crippen LogP contribution in [-0.2, 0) is 17.6 Å². The third-order valence-corrected chi connectivity index (χ3v) is 5.74. The molecular weight excluding hydrogens is 448 g/mol. The first-order chi connectivity index (χ1) is 17.0. The number of fused-ring (bicyclic) bond motifs is 1. The lowest BCUT2D eigenvalue weighted by molar-refractivity contribution is -0.121. The second-order valence-corrected chi connectivity index (χ2v) is 8.22. The van der Waals surface area contributed by atoms with Gasteiger partial charge in [-0.05, 0) is 75.8 Å². The molecule has 0 radical (unpaired) electrons. The van der Waals surface area contributed by atoms with Crippen LogP contribution >= 0.6 is 0 Å². The van der Waals surface area contributed by atoms with E-state index in [1.54, 1.807) is 0 Å². The van der Waals surface area contributed by atoms with Crippen LogP contribution in [0.1, 0.15) is 78.3 Å². The Bertz CT molecular complexity index is 1040. The van der Waals surface area contributed by atoms with Crippen molar-refractivity contribution in [3.8, 4) is 17.2 Å². The summed E-state index contributed by atoms with van der Waals surface area (Å²) in [7, 11) is 0. The van der Waals surface area contributed by atoms with Crippen molar-refractivity contribution in [3.05, 3.63) is 52.6 Å². The van der Waals surface area contributed by atoms with Gasteiger partial charge in [0.05, 0.1) is 19.8 Å². The average Bonchev–Trinajstić information content (AvgIpc) is 2.87. The molecule has 2 N–H and O–H groups in total. The molecule has 0 aliphatic heterocycles. The van der Waals surface area contributed by atoms with E-state index in [-0.39, 0.29) is 24.2 Å². The zero-order chi connectivity index (χ0) is 25.2. The summed E-state index contributed by atoms with van der Waals surface area (Å²) >= 11 is 0. The largest absolute Gasteiger partial charge is 0.490 e.